The molecule has 5 nitrogen and oxygen atoms in total. The standard InChI is InChI=1S/C21H24FN3O2/c1-23-21(25-9-7-15-4-2-3-5-17(15)12-25)24-8-6-16-10-19(22)11-18-13-26-14-27-20(16)18/h2-5,10-11H,6-9,12-14H2,1H3,(H,23,24). The number of fused-ring (bicyclic) bond motifs is 2. The first kappa shape index (κ1) is 17.8. The molecule has 4 rings (SSSR count). The molecular formula is C21H24FN3O2. The van der Waals surface area contributed by atoms with E-state index in [4.69, 9.17) is 9.47 Å². The Hall–Kier alpha value is -2.60. The fourth-order valence-corrected chi connectivity index (χ4v) is 3.76. The quantitative estimate of drug-likeness (QED) is 0.668. The molecule has 0 bridgehead atoms. The Morgan fingerprint density at radius 3 is 2.93 bits per heavy atom. The molecule has 1 N–H and O–H groups in total. The number of benzene rings is 2. The van der Waals surface area contributed by atoms with E-state index in [0.29, 0.717) is 19.6 Å². The first-order chi connectivity index (χ1) is 13.2. The van der Waals surface area contributed by atoms with Crippen LogP contribution in [0.5, 0.6) is 5.75 Å². The molecule has 142 valence electrons. The van der Waals surface area contributed by atoms with Gasteiger partial charge in [0.2, 0.25) is 0 Å². The van der Waals surface area contributed by atoms with Crippen LogP contribution in [0.4, 0.5) is 4.39 Å². The van der Waals surface area contributed by atoms with Crippen LogP contribution in [-0.4, -0.2) is 37.8 Å². The minimum Gasteiger partial charge on any atom is -0.467 e. The highest BCUT2D eigenvalue weighted by atomic mass is 19.1. The van der Waals surface area contributed by atoms with Crippen molar-refractivity contribution >= 4 is 5.96 Å². The number of halogens is 1. The van der Waals surface area contributed by atoms with Crippen molar-refractivity contribution in [2.75, 3.05) is 26.9 Å². The van der Waals surface area contributed by atoms with Crippen molar-refractivity contribution in [2.45, 2.75) is 26.0 Å². The van der Waals surface area contributed by atoms with E-state index in [9.17, 15) is 4.39 Å². The Labute approximate surface area is 158 Å². The van der Waals surface area contributed by atoms with Gasteiger partial charge in [-0.3, -0.25) is 4.99 Å². The first-order valence-corrected chi connectivity index (χ1v) is 9.29. The highest BCUT2D eigenvalue weighted by molar-refractivity contribution is 5.80. The largest absolute Gasteiger partial charge is 0.467 e. The molecule has 2 aromatic carbocycles. The van der Waals surface area contributed by atoms with Crippen LogP contribution >= 0.6 is 0 Å². The zero-order valence-corrected chi connectivity index (χ0v) is 15.5. The molecule has 0 saturated heterocycles. The van der Waals surface area contributed by atoms with Crippen molar-refractivity contribution in [3.05, 3.63) is 64.5 Å². The van der Waals surface area contributed by atoms with Gasteiger partial charge in [0.25, 0.3) is 0 Å². The summed E-state index contributed by atoms with van der Waals surface area (Å²) in [6.45, 7) is 3.05. The monoisotopic (exact) mass is 369 g/mol. The average Bonchev–Trinajstić information content (AvgIpc) is 2.70. The second-order valence-electron chi connectivity index (χ2n) is 6.83. The van der Waals surface area contributed by atoms with Crippen molar-refractivity contribution in [3.63, 3.8) is 0 Å². The summed E-state index contributed by atoms with van der Waals surface area (Å²) in [7, 11) is 1.80. The Morgan fingerprint density at radius 1 is 1.22 bits per heavy atom. The number of nitrogens with one attached hydrogen (secondary N) is 1. The van der Waals surface area contributed by atoms with Gasteiger partial charge in [-0.25, -0.2) is 4.39 Å². The molecule has 0 aliphatic carbocycles. The van der Waals surface area contributed by atoms with Gasteiger partial charge in [-0.2, -0.15) is 0 Å². The highest BCUT2D eigenvalue weighted by Gasteiger charge is 2.20. The maximum Gasteiger partial charge on any atom is 0.193 e. The Kier molecular flexibility index (Phi) is 5.25. The topological polar surface area (TPSA) is 46.1 Å². The minimum absolute atomic E-state index is 0.216. The highest BCUT2D eigenvalue weighted by Crippen LogP contribution is 2.29. The molecule has 0 fully saturated rings. The summed E-state index contributed by atoms with van der Waals surface area (Å²) >= 11 is 0. The van der Waals surface area contributed by atoms with Crippen LogP contribution in [0.25, 0.3) is 0 Å². The van der Waals surface area contributed by atoms with Crippen LogP contribution in [0.15, 0.2) is 41.4 Å². The molecule has 2 heterocycles. The molecule has 0 aromatic heterocycles. The SMILES string of the molecule is CN=C(NCCc1cc(F)cc2c1OCOC2)N1CCc2ccccc2C1. The lowest BCUT2D eigenvalue weighted by molar-refractivity contribution is -0.0172. The Morgan fingerprint density at radius 2 is 2.07 bits per heavy atom. The number of rotatable bonds is 3. The lowest BCUT2D eigenvalue weighted by Gasteiger charge is -2.31. The number of guanidine groups is 1. The lowest BCUT2D eigenvalue weighted by atomic mass is 10.0. The van der Waals surface area contributed by atoms with Gasteiger partial charge in [-0.15, -0.1) is 0 Å². The summed E-state index contributed by atoms with van der Waals surface area (Å²) in [5, 5.41) is 3.41. The normalized spacial score (nSPS) is 16.4. The third-order valence-corrected chi connectivity index (χ3v) is 5.07. The molecule has 0 amide bonds. The number of hydrogen-bond donors (Lipinski definition) is 1. The molecule has 0 unspecified atom stereocenters. The van der Waals surface area contributed by atoms with Gasteiger partial charge in [0.05, 0.1) is 6.61 Å². The summed E-state index contributed by atoms with van der Waals surface area (Å²) in [4.78, 5) is 6.68. The predicted octanol–water partition coefficient (Wildman–Crippen LogP) is 2.87. The van der Waals surface area contributed by atoms with Gasteiger partial charge in [0.15, 0.2) is 12.8 Å². The molecule has 2 aliphatic rings. The smallest absolute Gasteiger partial charge is 0.193 e. The van der Waals surface area contributed by atoms with Gasteiger partial charge in [-0.1, -0.05) is 24.3 Å². The van der Waals surface area contributed by atoms with E-state index >= 15 is 0 Å². The first-order valence-electron chi connectivity index (χ1n) is 9.29. The van der Waals surface area contributed by atoms with Crippen LogP contribution in [0.1, 0.15) is 22.3 Å². The maximum absolute atomic E-state index is 13.9. The van der Waals surface area contributed by atoms with Crippen molar-refractivity contribution in [1.82, 2.24) is 10.2 Å². The van der Waals surface area contributed by atoms with E-state index in [1.54, 1.807) is 13.1 Å². The molecule has 0 spiro atoms. The van der Waals surface area contributed by atoms with Crippen LogP contribution in [0.2, 0.25) is 0 Å². The zero-order chi connectivity index (χ0) is 18.6. The molecule has 2 aromatic rings. The summed E-state index contributed by atoms with van der Waals surface area (Å²) in [5.74, 6) is 1.38. The fraction of sp³-hybridized carbons (Fsp3) is 0.381. The number of nitrogens with zero attached hydrogens (tertiary/aromatic N) is 2. The van der Waals surface area contributed by atoms with E-state index < -0.39 is 0 Å². The lowest BCUT2D eigenvalue weighted by Crippen LogP contribution is -2.44. The van der Waals surface area contributed by atoms with Crippen molar-refractivity contribution in [1.29, 1.82) is 0 Å². The van der Waals surface area contributed by atoms with Crippen molar-refractivity contribution in [3.8, 4) is 5.75 Å². The summed E-state index contributed by atoms with van der Waals surface area (Å²) in [5.41, 5.74) is 4.39. The summed E-state index contributed by atoms with van der Waals surface area (Å²) in [6, 6.07) is 11.6. The minimum atomic E-state index is -0.255. The van der Waals surface area contributed by atoms with Gasteiger partial charge < -0.3 is 19.7 Å². The van der Waals surface area contributed by atoms with Gasteiger partial charge in [0.1, 0.15) is 11.6 Å². The van der Waals surface area contributed by atoms with Gasteiger partial charge in [-0.05, 0) is 41.7 Å². The molecule has 0 saturated carbocycles. The third-order valence-electron chi connectivity index (χ3n) is 5.07. The van der Waals surface area contributed by atoms with Gasteiger partial charge >= 0.3 is 0 Å². The van der Waals surface area contributed by atoms with E-state index in [1.807, 2.05) is 0 Å². The maximum atomic E-state index is 13.9. The summed E-state index contributed by atoms with van der Waals surface area (Å²) in [6.07, 6.45) is 1.67. The number of hydrogen-bond acceptors (Lipinski definition) is 3. The van der Waals surface area contributed by atoms with E-state index in [0.717, 1.165) is 42.3 Å². The molecule has 6 heteroatoms. The summed E-state index contributed by atoms with van der Waals surface area (Å²) < 4.78 is 24.7. The average molecular weight is 369 g/mol. The Balaban J connectivity index is 1.39. The van der Waals surface area contributed by atoms with Crippen LogP contribution < -0.4 is 10.1 Å². The second kappa shape index (κ2) is 7.96. The van der Waals surface area contributed by atoms with Gasteiger partial charge in [0, 0.05) is 32.2 Å². The van der Waals surface area contributed by atoms with Crippen LogP contribution in [0, 0.1) is 5.82 Å². The number of ether oxygens (including phenoxy) is 2. The molecule has 0 atom stereocenters. The molecule has 0 radical (unpaired) electrons. The van der Waals surface area contributed by atoms with Crippen molar-refractivity contribution in [2.24, 2.45) is 4.99 Å². The van der Waals surface area contributed by atoms with Crippen LogP contribution in [-0.2, 0) is 30.7 Å². The van der Waals surface area contributed by atoms with E-state index in [2.05, 4.69) is 39.5 Å². The zero-order valence-electron chi connectivity index (χ0n) is 15.5. The molecule has 2 aliphatic heterocycles. The van der Waals surface area contributed by atoms with E-state index in [1.165, 1.54) is 17.2 Å². The number of aliphatic imine (C=N–C) groups is 1. The Bertz CT molecular complexity index is 853. The predicted molar refractivity (Wildman–Crippen MR) is 102 cm³/mol. The second-order valence-corrected chi connectivity index (χ2v) is 6.83. The molecule has 27 heavy (non-hydrogen) atoms. The molecular weight excluding hydrogens is 345 g/mol. The van der Waals surface area contributed by atoms with E-state index in [-0.39, 0.29) is 12.6 Å². The van der Waals surface area contributed by atoms with Crippen LogP contribution in [0.3, 0.4) is 0 Å². The third kappa shape index (κ3) is 3.90. The fourth-order valence-electron chi connectivity index (χ4n) is 3.76. The van der Waals surface area contributed by atoms with Crippen molar-refractivity contribution < 1.29 is 13.9 Å².